The van der Waals surface area contributed by atoms with E-state index in [-0.39, 0.29) is 0 Å². The summed E-state index contributed by atoms with van der Waals surface area (Å²) in [5, 5.41) is 0. The molecule has 0 unspecified atom stereocenters. The smallest absolute Gasteiger partial charge is 0.0288 e. The zero-order chi connectivity index (χ0) is 27.3. The largest absolute Gasteiger partial charge is 0.0628 e. The van der Waals surface area contributed by atoms with Crippen LogP contribution in [0.4, 0.5) is 0 Å². The van der Waals surface area contributed by atoms with E-state index in [0.29, 0.717) is 10.8 Å². The van der Waals surface area contributed by atoms with Crippen LogP contribution in [-0.4, -0.2) is 0 Å². The van der Waals surface area contributed by atoms with Gasteiger partial charge in [0.2, 0.25) is 0 Å². The second-order valence-electron chi connectivity index (χ2n) is 15.8. The average molecular weight is 481 g/mol. The molecule has 0 aromatic carbocycles. The molecule has 0 saturated carbocycles. The molecule has 0 N–H and O–H groups in total. The van der Waals surface area contributed by atoms with Crippen LogP contribution < -0.4 is 0 Å². The van der Waals surface area contributed by atoms with Gasteiger partial charge in [0.1, 0.15) is 0 Å². The molecule has 0 fully saturated rings. The highest BCUT2D eigenvalue weighted by Crippen LogP contribution is 2.45. The van der Waals surface area contributed by atoms with Gasteiger partial charge in [-0.1, -0.05) is 111 Å². The van der Waals surface area contributed by atoms with Gasteiger partial charge in [-0.15, -0.1) is 0 Å². The molecule has 208 valence electrons. The molecule has 0 amide bonds. The zero-order valence-electron chi connectivity index (χ0n) is 27.3. The molecule has 0 aliphatic carbocycles. The Bertz CT molecular complexity index is 325. The van der Waals surface area contributed by atoms with Crippen molar-refractivity contribution in [3.63, 3.8) is 0 Å². The van der Waals surface area contributed by atoms with Crippen LogP contribution in [0, 0.1) is 58.2 Å². The maximum Gasteiger partial charge on any atom is -0.0288 e. The van der Waals surface area contributed by atoms with E-state index < -0.39 is 0 Å². The third-order valence-electron chi connectivity index (χ3n) is 6.73. The van der Waals surface area contributed by atoms with Crippen molar-refractivity contribution in [2.45, 2.75) is 162 Å². The fraction of sp³-hybridized carbons (Fsp3) is 1.00. The molecular weight excluding hydrogens is 408 g/mol. The Morgan fingerprint density at radius 1 is 0.235 bits per heavy atom. The summed E-state index contributed by atoms with van der Waals surface area (Å²) in [6.45, 7) is 38.2. The molecule has 0 spiro atoms. The predicted octanol–water partition coefficient (Wildman–Crippen LogP) is 12.3. The van der Waals surface area contributed by atoms with Crippen molar-refractivity contribution in [3.05, 3.63) is 0 Å². The molecule has 0 rings (SSSR count). The highest BCUT2D eigenvalue weighted by molar-refractivity contribution is 4.85. The second kappa shape index (κ2) is 17.5. The van der Waals surface area contributed by atoms with Gasteiger partial charge in [-0.05, 0) is 110 Å². The first kappa shape index (κ1) is 36.2. The summed E-state index contributed by atoms with van der Waals surface area (Å²) in [7, 11) is 0. The molecular formula is C34H72. The Morgan fingerprint density at radius 3 is 0.382 bits per heavy atom. The van der Waals surface area contributed by atoms with Gasteiger partial charge in [-0.25, -0.2) is 0 Å². The maximum absolute atomic E-state index is 2.38. The first-order chi connectivity index (χ1) is 15.3. The summed E-state index contributed by atoms with van der Waals surface area (Å²) in [6, 6.07) is 0. The maximum atomic E-state index is 2.38. The molecule has 0 aliphatic heterocycles. The number of hydrogen-bond donors (Lipinski definition) is 0. The van der Waals surface area contributed by atoms with Crippen LogP contribution in [-0.2, 0) is 0 Å². The van der Waals surface area contributed by atoms with Gasteiger partial charge in [0.15, 0.2) is 0 Å². The van der Waals surface area contributed by atoms with Crippen LogP contribution in [0.15, 0.2) is 0 Å². The standard InChI is InChI=1S/2C17H36/c2*1-13(2)9-17(10-14(3)4,11-15(5)6)12-16(7)8/h2*13-16H,9-12H2,1-8H3. The minimum atomic E-state index is 0.588. The number of rotatable bonds is 16. The fourth-order valence-electron chi connectivity index (χ4n) is 7.93. The summed E-state index contributed by atoms with van der Waals surface area (Å²) in [6.07, 6.45) is 11.2. The van der Waals surface area contributed by atoms with Gasteiger partial charge in [-0.3, -0.25) is 0 Å². The van der Waals surface area contributed by atoms with Crippen molar-refractivity contribution in [1.29, 1.82) is 0 Å². The van der Waals surface area contributed by atoms with Crippen LogP contribution >= 0.6 is 0 Å². The zero-order valence-corrected chi connectivity index (χ0v) is 27.3. The molecule has 0 radical (unpaired) electrons. The summed E-state index contributed by atoms with van der Waals surface area (Å²) < 4.78 is 0. The fourth-order valence-corrected chi connectivity index (χ4v) is 7.93. The Kier molecular flexibility index (Phi) is 18.6. The second-order valence-corrected chi connectivity index (χ2v) is 15.8. The lowest BCUT2D eigenvalue weighted by Gasteiger charge is -2.40. The van der Waals surface area contributed by atoms with Gasteiger partial charge < -0.3 is 0 Å². The molecule has 0 nitrogen and oxygen atoms in total. The Balaban J connectivity index is 0. The molecule has 34 heavy (non-hydrogen) atoms. The van der Waals surface area contributed by atoms with Gasteiger partial charge >= 0.3 is 0 Å². The highest BCUT2D eigenvalue weighted by atomic mass is 14.4. The summed E-state index contributed by atoms with van der Waals surface area (Å²) in [5.41, 5.74) is 1.18. The SMILES string of the molecule is CC(C)CC(CC(C)C)(CC(C)C)CC(C)C.CC(C)CC(CC(C)C)(CC(C)C)CC(C)C. The molecule has 0 saturated heterocycles. The van der Waals surface area contributed by atoms with E-state index in [1.165, 1.54) is 51.4 Å². The van der Waals surface area contributed by atoms with Crippen molar-refractivity contribution in [2.75, 3.05) is 0 Å². The van der Waals surface area contributed by atoms with E-state index in [0.717, 1.165) is 47.3 Å². The van der Waals surface area contributed by atoms with Gasteiger partial charge in [0, 0.05) is 0 Å². The Labute approximate surface area is 220 Å². The van der Waals surface area contributed by atoms with Crippen LogP contribution in [0.3, 0.4) is 0 Å². The third-order valence-corrected chi connectivity index (χ3v) is 6.73. The van der Waals surface area contributed by atoms with Gasteiger partial charge in [0.25, 0.3) is 0 Å². The van der Waals surface area contributed by atoms with E-state index >= 15 is 0 Å². The lowest BCUT2D eigenvalue weighted by molar-refractivity contribution is 0.111. The number of hydrogen-bond acceptors (Lipinski definition) is 0. The highest BCUT2D eigenvalue weighted by Gasteiger charge is 2.34. The lowest BCUT2D eigenvalue weighted by Crippen LogP contribution is -2.29. The molecule has 0 aliphatic rings. The van der Waals surface area contributed by atoms with Crippen LogP contribution in [0.1, 0.15) is 162 Å². The molecule has 0 atom stereocenters. The van der Waals surface area contributed by atoms with E-state index in [1.807, 2.05) is 0 Å². The Morgan fingerprint density at radius 2 is 0.324 bits per heavy atom. The topological polar surface area (TPSA) is 0 Å². The van der Waals surface area contributed by atoms with E-state index in [1.54, 1.807) is 0 Å². The lowest BCUT2D eigenvalue weighted by atomic mass is 9.65. The van der Waals surface area contributed by atoms with E-state index in [2.05, 4.69) is 111 Å². The molecule has 0 bridgehead atoms. The van der Waals surface area contributed by atoms with Crippen LogP contribution in [0.2, 0.25) is 0 Å². The van der Waals surface area contributed by atoms with E-state index in [9.17, 15) is 0 Å². The normalized spacial score (nSPS) is 13.4. The van der Waals surface area contributed by atoms with Crippen molar-refractivity contribution in [1.82, 2.24) is 0 Å². The molecule has 0 heterocycles. The van der Waals surface area contributed by atoms with Crippen LogP contribution in [0.5, 0.6) is 0 Å². The molecule has 0 aromatic heterocycles. The minimum absolute atomic E-state index is 0.588. The molecule has 0 aromatic rings. The predicted molar refractivity (Wildman–Crippen MR) is 161 cm³/mol. The average Bonchev–Trinajstić information content (AvgIpc) is 2.48. The minimum Gasteiger partial charge on any atom is -0.0628 e. The van der Waals surface area contributed by atoms with Gasteiger partial charge in [0.05, 0.1) is 0 Å². The Hall–Kier alpha value is 0. The van der Waals surface area contributed by atoms with Crippen molar-refractivity contribution >= 4 is 0 Å². The third kappa shape index (κ3) is 19.2. The molecule has 0 heteroatoms. The van der Waals surface area contributed by atoms with E-state index in [4.69, 9.17) is 0 Å². The van der Waals surface area contributed by atoms with Crippen LogP contribution in [0.25, 0.3) is 0 Å². The summed E-state index contributed by atoms with van der Waals surface area (Å²) in [4.78, 5) is 0. The first-order valence-corrected chi connectivity index (χ1v) is 15.3. The van der Waals surface area contributed by atoms with Crippen molar-refractivity contribution in [3.8, 4) is 0 Å². The summed E-state index contributed by atoms with van der Waals surface area (Å²) in [5.74, 6) is 6.60. The van der Waals surface area contributed by atoms with Crippen molar-refractivity contribution in [2.24, 2.45) is 58.2 Å². The quantitative estimate of drug-likeness (QED) is 0.206. The first-order valence-electron chi connectivity index (χ1n) is 15.3. The summed E-state index contributed by atoms with van der Waals surface area (Å²) >= 11 is 0. The monoisotopic (exact) mass is 481 g/mol. The van der Waals surface area contributed by atoms with Gasteiger partial charge in [-0.2, -0.15) is 0 Å². The van der Waals surface area contributed by atoms with Crippen molar-refractivity contribution < 1.29 is 0 Å².